The SMILES string of the molecule is CNc1ncc(C#Cc2ccc(C(C)N3CC(OC)C3)cc2)c2cc(NC(=O)C3CC3)ncc12. The number of methoxy groups -OCH3 is 1. The summed E-state index contributed by atoms with van der Waals surface area (Å²) in [7, 11) is 3.60. The molecular weight excluding hydrogens is 426 g/mol. The molecule has 0 bridgehead atoms. The molecule has 1 aromatic carbocycles. The molecule has 2 N–H and O–H groups in total. The molecule has 34 heavy (non-hydrogen) atoms. The van der Waals surface area contributed by atoms with Gasteiger partial charge in [0.05, 0.1) is 11.7 Å². The van der Waals surface area contributed by atoms with Crippen LogP contribution in [0.1, 0.15) is 42.5 Å². The first-order chi connectivity index (χ1) is 16.6. The smallest absolute Gasteiger partial charge is 0.228 e. The van der Waals surface area contributed by atoms with Crippen molar-refractivity contribution in [2.24, 2.45) is 5.92 Å². The van der Waals surface area contributed by atoms with Crippen LogP contribution in [-0.4, -0.2) is 54.1 Å². The van der Waals surface area contributed by atoms with Gasteiger partial charge in [-0.25, -0.2) is 9.97 Å². The third-order valence-electron chi connectivity index (χ3n) is 6.70. The lowest BCUT2D eigenvalue weighted by Gasteiger charge is -2.42. The van der Waals surface area contributed by atoms with Gasteiger partial charge in [0.2, 0.25) is 5.91 Å². The van der Waals surface area contributed by atoms with Gasteiger partial charge in [-0.05, 0) is 43.5 Å². The molecule has 1 saturated heterocycles. The third kappa shape index (κ3) is 4.60. The molecule has 3 aromatic rings. The molecule has 5 rings (SSSR count). The molecule has 174 valence electrons. The largest absolute Gasteiger partial charge is 0.379 e. The van der Waals surface area contributed by atoms with Crippen molar-refractivity contribution in [2.75, 3.05) is 37.9 Å². The number of anilines is 2. The lowest BCUT2D eigenvalue weighted by atomic mass is 10.0. The van der Waals surface area contributed by atoms with Gasteiger partial charge >= 0.3 is 0 Å². The molecule has 1 atom stereocenters. The number of carbonyl (C=O) groups excluding carboxylic acids is 1. The summed E-state index contributed by atoms with van der Waals surface area (Å²) in [5.41, 5.74) is 3.01. The first-order valence-electron chi connectivity index (χ1n) is 11.7. The van der Waals surface area contributed by atoms with Crippen LogP contribution in [0.15, 0.2) is 42.7 Å². The molecule has 1 saturated carbocycles. The Morgan fingerprint density at radius 3 is 2.56 bits per heavy atom. The number of fused-ring (bicyclic) bond motifs is 1. The van der Waals surface area contributed by atoms with Gasteiger partial charge in [0.1, 0.15) is 11.6 Å². The lowest BCUT2D eigenvalue weighted by molar-refractivity contribution is -0.117. The van der Waals surface area contributed by atoms with E-state index in [-0.39, 0.29) is 11.8 Å². The van der Waals surface area contributed by atoms with E-state index in [0.29, 0.717) is 18.0 Å². The molecular formula is C27H29N5O2. The second kappa shape index (κ2) is 9.41. The van der Waals surface area contributed by atoms with E-state index in [9.17, 15) is 4.79 Å². The van der Waals surface area contributed by atoms with E-state index in [1.54, 1.807) is 19.5 Å². The fourth-order valence-corrected chi connectivity index (χ4v) is 4.21. The monoisotopic (exact) mass is 455 g/mol. The zero-order chi connectivity index (χ0) is 23.7. The minimum absolute atomic E-state index is 0.0349. The van der Waals surface area contributed by atoms with Crippen LogP contribution in [0.2, 0.25) is 0 Å². The highest BCUT2D eigenvalue weighted by atomic mass is 16.5. The van der Waals surface area contributed by atoms with Gasteiger partial charge in [-0.2, -0.15) is 0 Å². The van der Waals surface area contributed by atoms with E-state index >= 15 is 0 Å². The number of hydrogen-bond donors (Lipinski definition) is 2. The Balaban J connectivity index is 1.38. The average Bonchev–Trinajstić information content (AvgIpc) is 3.68. The predicted molar refractivity (Wildman–Crippen MR) is 134 cm³/mol. The van der Waals surface area contributed by atoms with Gasteiger partial charge in [0.15, 0.2) is 0 Å². The molecule has 0 radical (unpaired) electrons. The molecule has 1 aliphatic carbocycles. The van der Waals surface area contributed by atoms with Crippen LogP contribution in [0.4, 0.5) is 11.6 Å². The van der Waals surface area contributed by atoms with Crippen molar-refractivity contribution in [1.29, 1.82) is 0 Å². The summed E-state index contributed by atoms with van der Waals surface area (Å²) >= 11 is 0. The second-order valence-electron chi connectivity index (χ2n) is 9.01. The molecule has 2 fully saturated rings. The molecule has 2 aliphatic rings. The fraction of sp³-hybridized carbons (Fsp3) is 0.370. The Morgan fingerprint density at radius 2 is 1.88 bits per heavy atom. The second-order valence-corrected chi connectivity index (χ2v) is 9.01. The topological polar surface area (TPSA) is 79.4 Å². The standard InChI is InChI=1S/C27H29N5O2/c1-17(32-15-22(16-32)34-3)19-7-4-18(5-8-19)6-9-21-13-30-26(28-2)24-14-29-25(12-23(21)24)31-27(33)20-10-11-20/h4-5,7-8,12-14,17,20,22H,10-11,15-16H2,1-3H3,(H,28,30)(H,29,31,33). The van der Waals surface area contributed by atoms with Gasteiger partial charge in [0.25, 0.3) is 0 Å². The van der Waals surface area contributed by atoms with Crippen LogP contribution in [0, 0.1) is 17.8 Å². The number of ether oxygens (including phenoxy) is 1. The molecule has 7 nitrogen and oxygen atoms in total. The van der Waals surface area contributed by atoms with Crippen molar-refractivity contribution >= 4 is 28.3 Å². The van der Waals surface area contributed by atoms with Crippen molar-refractivity contribution in [2.45, 2.75) is 31.9 Å². The van der Waals surface area contributed by atoms with E-state index in [1.165, 1.54) is 5.56 Å². The van der Waals surface area contributed by atoms with Gasteiger partial charge in [-0.1, -0.05) is 24.0 Å². The highest BCUT2D eigenvalue weighted by molar-refractivity contribution is 5.99. The Labute approximate surface area is 199 Å². The van der Waals surface area contributed by atoms with E-state index < -0.39 is 0 Å². The number of nitrogens with zero attached hydrogens (tertiary/aromatic N) is 3. The summed E-state index contributed by atoms with van der Waals surface area (Å²) < 4.78 is 5.39. The van der Waals surface area contributed by atoms with Crippen LogP contribution in [-0.2, 0) is 9.53 Å². The van der Waals surface area contributed by atoms with Crippen molar-refractivity contribution in [3.63, 3.8) is 0 Å². The number of nitrogens with one attached hydrogen (secondary N) is 2. The molecule has 3 heterocycles. The number of likely N-dealkylation sites (tertiary alicyclic amines) is 1. The minimum Gasteiger partial charge on any atom is -0.379 e. The van der Waals surface area contributed by atoms with Gasteiger partial charge in [-0.15, -0.1) is 0 Å². The summed E-state index contributed by atoms with van der Waals surface area (Å²) in [6.07, 6.45) is 5.76. The third-order valence-corrected chi connectivity index (χ3v) is 6.70. The number of benzene rings is 1. The summed E-state index contributed by atoms with van der Waals surface area (Å²) in [6, 6.07) is 10.6. The minimum atomic E-state index is 0.0349. The van der Waals surface area contributed by atoms with E-state index in [2.05, 4.69) is 68.5 Å². The highest BCUT2D eigenvalue weighted by Crippen LogP contribution is 2.31. The Morgan fingerprint density at radius 1 is 1.12 bits per heavy atom. The maximum absolute atomic E-state index is 12.2. The number of pyridine rings is 2. The highest BCUT2D eigenvalue weighted by Gasteiger charge is 2.31. The van der Waals surface area contributed by atoms with Crippen molar-refractivity contribution in [3.8, 4) is 11.8 Å². The van der Waals surface area contributed by atoms with Gasteiger partial charge in [0, 0.05) is 67.9 Å². The lowest BCUT2D eigenvalue weighted by Crippen LogP contribution is -2.52. The fourth-order valence-electron chi connectivity index (χ4n) is 4.21. The zero-order valence-corrected chi connectivity index (χ0v) is 19.8. The van der Waals surface area contributed by atoms with Gasteiger partial charge < -0.3 is 15.4 Å². The first kappa shape index (κ1) is 22.3. The number of rotatable bonds is 6. The first-order valence-corrected chi connectivity index (χ1v) is 11.7. The summed E-state index contributed by atoms with van der Waals surface area (Å²) in [5, 5.41) is 7.80. The van der Waals surface area contributed by atoms with Crippen molar-refractivity contribution in [3.05, 3.63) is 59.4 Å². The number of carbonyl (C=O) groups is 1. The zero-order valence-electron chi connectivity index (χ0n) is 19.8. The van der Waals surface area contributed by atoms with Crippen LogP contribution in [0.5, 0.6) is 0 Å². The molecule has 7 heteroatoms. The molecule has 1 unspecified atom stereocenters. The normalized spacial score (nSPS) is 16.9. The van der Waals surface area contributed by atoms with Crippen molar-refractivity contribution < 1.29 is 9.53 Å². The molecule has 0 spiro atoms. The number of aromatic nitrogens is 2. The maximum atomic E-state index is 12.2. The summed E-state index contributed by atoms with van der Waals surface area (Å²) in [6.45, 7) is 4.17. The van der Waals surface area contributed by atoms with Gasteiger partial charge in [-0.3, -0.25) is 9.69 Å². The summed E-state index contributed by atoms with van der Waals surface area (Å²) in [4.78, 5) is 23.5. The Hall–Kier alpha value is -3.47. The number of hydrogen-bond acceptors (Lipinski definition) is 6. The summed E-state index contributed by atoms with van der Waals surface area (Å²) in [5.74, 6) is 7.96. The number of amides is 1. The van der Waals surface area contributed by atoms with E-state index in [4.69, 9.17) is 4.74 Å². The van der Waals surface area contributed by atoms with Crippen LogP contribution in [0.25, 0.3) is 10.8 Å². The average molecular weight is 456 g/mol. The molecule has 1 aliphatic heterocycles. The van der Waals surface area contributed by atoms with Crippen molar-refractivity contribution in [1.82, 2.24) is 14.9 Å². The van der Waals surface area contributed by atoms with Crippen LogP contribution in [0.3, 0.4) is 0 Å². The van der Waals surface area contributed by atoms with E-state index in [0.717, 1.165) is 53.6 Å². The Bertz CT molecular complexity index is 1270. The quantitative estimate of drug-likeness (QED) is 0.551. The van der Waals surface area contributed by atoms with Crippen LogP contribution < -0.4 is 10.6 Å². The Kier molecular flexibility index (Phi) is 6.18. The molecule has 1 amide bonds. The maximum Gasteiger partial charge on any atom is 0.228 e. The predicted octanol–water partition coefficient (Wildman–Crippen LogP) is 3.81. The molecule has 2 aromatic heterocycles. The van der Waals surface area contributed by atoms with Crippen LogP contribution >= 0.6 is 0 Å². The van der Waals surface area contributed by atoms with E-state index in [1.807, 2.05) is 13.1 Å².